The van der Waals surface area contributed by atoms with Crippen LogP contribution in [-0.2, 0) is 105 Å². The molecule has 4 aliphatic rings. The lowest BCUT2D eigenvalue weighted by Crippen LogP contribution is -2.28. The largest absolute Gasteiger partial charge is 0.469 e. The molecule has 24 nitrogen and oxygen atoms in total. The predicted molar refractivity (Wildman–Crippen MR) is 579 cm³/mol. The van der Waals surface area contributed by atoms with Crippen LogP contribution in [0.3, 0.4) is 0 Å². The van der Waals surface area contributed by atoms with Gasteiger partial charge in [0, 0.05) is 120 Å². The molecule has 0 atom stereocenters. The molecule has 0 aliphatic heterocycles. The first-order valence-corrected chi connectivity index (χ1v) is 51.9. The molecule has 0 fully saturated rings. The number of carbonyl (C=O) groups excluding carboxylic acids is 12. The number of esters is 4. The third-order valence-electron chi connectivity index (χ3n) is 27.8. The number of methoxy groups -OCH3 is 2. The molecule has 0 radical (unpaired) electrons. The zero-order valence-corrected chi connectivity index (χ0v) is 88.4. The van der Waals surface area contributed by atoms with Crippen molar-refractivity contribution in [1.82, 2.24) is 0 Å². The minimum absolute atomic E-state index is 0.00140. The first-order chi connectivity index (χ1) is 71.9. The van der Waals surface area contributed by atoms with E-state index in [0.29, 0.717) is 77.4 Å². The van der Waals surface area contributed by atoms with E-state index in [1.165, 1.54) is 69.7 Å². The van der Waals surface area contributed by atoms with Gasteiger partial charge in [-0.1, -0.05) is 312 Å². The summed E-state index contributed by atoms with van der Waals surface area (Å²) in [6.45, 7) is 19.9. The third kappa shape index (κ3) is 26.3. The number of ether oxygens (including phenoxy) is 4. The Hall–Kier alpha value is -14.9. The van der Waals surface area contributed by atoms with Crippen molar-refractivity contribution in [3.8, 4) is 44.5 Å². The van der Waals surface area contributed by atoms with E-state index >= 15 is 0 Å². The highest BCUT2D eigenvalue weighted by molar-refractivity contribution is 6.52. The summed E-state index contributed by atoms with van der Waals surface area (Å²) in [6, 6.07) is 79.7. The Bertz CT molecular complexity index is 6890. The number of hydrogen-bond donors (Lipinski definition) is 0. The Morgan fingerprint density at radius 2 is 0.570 bits per heavy atom. The minimum atomic E-state index is -0.750. The molecule has 149 heavy (non-hydrogen) atoms. The molecule has 774 valence electrons. The quantitative estimate of drug-likeness (QED) is 0.00501. The second-order valence-electron chi connectivity index (χ2n) is 37.5. The van der Waals surface area contributed by atoms with Gasteiger partial charge in [-0.3, -0.25) is 38.4 Å². The van der Waals surface area contributed by atoms with Crippen LogP contribution in [0.1, 0.15) is 304 Å². The molecule has 0 amide bonds. The van der Waals surface area contributed by atoms with Crippen LogP contribution >= 0.6 is 23.2 Å². The lowest BCUT2D eigenvalue weighted by molar-refractivity contribution is -0.145. The number of oxime groups is 4. The lowest BCUT2D eigenvalue weighted by Gasteiger charge is -2.32. The van der Waals surface area contributed by atoms with Gasteiger partial charge in [0.25, 0.3) is 0 Å². The van der Waals surface area contributed by atoms with Gasteiger partial charge in [-0.15, -0.1) is 23.2 Å². The highest BCUT2D eigenvalue weighted by Crippen LogP contribution is 2.59. The molecule has 0 saturated carbocycles. The Balaban J connectivity index is 0.000000177. The number of alkyl halides is 2. The maximum atomic E-state index is 13.9. The zero-order chi connectivity index (χ0) is 107. The fraction of sp³-hybridized carbons (Fsp3) is 0.333. The van der Waals surface area contributed by atoms with E-state index in [1.807, 2.05) is 160 Å². The van der Waals surface area contributed by atoms with Gasteiger partial charge in [-0.2, -0.15) is 0 Å². The normalized spacial score (nSPS) is 13.5. The molecule has 0 saturated heterocycles. The van der Waals surface area contributed by atoms with Gasteiger partial charge >= 0.3 is 47.8 Å². The number of aryl methyl sites for hydroxylation is 2. The molecule has 15 rings (SSSR count). The van der Waals surface area contributed by atoms with Crippen LogP contribution in [0.25, 0.3) is 44.5 Å². The van der Waals surface area contributed by atoms with E-state index in [2.05, 4.69) is 109 Å². The molecule has 11 aromatic rings. The molecule has 4 aliphatic carbocycles. The third-order valence-corrected chi connectivity index (χ3v) is 28.2. The number of benzene rings is 11. The molecular weight excluding hydrogens is 1920 g/mol. The van der Waals surface area contributed by atoms with Crippen molar-refractivity contribution in [1.29, 1.82) is 0 Å². The molecule has 0 spiro atoms. The first-order valence-electron chi connectivity index (χ1n) is 50.8. The fourth-order valence-corrected chi connectivity index (χ4v) is 21.8. The van der Waals surface area contributed by atoms with Crippen molar-refractivity contribution in [3.05, 3.63) is 343 Å². The van der Waals surface area contributed by atoms with Crippen molar-refractivity contribution in [3.63, 3.8) is 0 Å². The molecule has 26 heteroatoms. The number of nitrogens with zero attached hydrogens (tertiary/aromatic N) is 4. The smallest absolute Gasteiger partial charge is 0.332 e. The number of hydrogen-bond acceptors (Lipinski definition) is 24. The number of halogens is 2. The van der Waals surface area contributed by atoms with E-state index < -0.39 is 47.0 Å². The van der Waals surface area contributed by atoms with Crippen LogP contribution in [0.2, 0.25) is 0 Å². The van der Waals surface area contributed by atoms with Crippen molar-refractivity contribution in [2.45, 2.75) is 233 Å². The van der Waals surface area contributed by atoms with Gasteiger partial charge in [0.15, 0.2) is 11.4 Å². The van der Waals surface area contributed by atoms with E-state index in [9.17, 15) is 57.5 Å². The summed E-state index contributed by atoms with van der Waals surface area (Å²) in [4.78, 5) is 169. The average molecular weight is 2050 g/mol. The molecule has 0 N–H and O–H groups in total. The number of ketones is 4. The molecule has 0 heterocycles. The summed E-state index contributed by atoms with van der Waals surface area (Å²) in [5, 5.41) is 15.5. The Morgan fingerprint density at radius 1 is 0.282 bits per heavy atom. The van der Waals surface area contributed by atoms with Crippen LogP contribution in [0.5, 0.6) is 0 Å². The minimum Gasteiger partial charge on any atom is -0.469 e. The van der Waals surface area contributed by atoms with Crippen molar-refractivity contribution >= 4 is 117 Å². The van der Waals surface area contributed by atoms with Crippen molar-refractivity contribution in [2.75, 3.05) is 32.6 Å². The molecule has 11 aromatic carbocycles. The average Bonchev–Trinajstić information content (AvgIpc) is 1.58. The molecule has 0 bridgehead atoms. The molecule has 0 aromatic heterocycles. The lowest BCUT2D eigenvalue weighted by atomic mass is 9.71. The van der Waals surface area contributed by atoms with Gasteiger partial charge in [0.1, 0.15) is 18.0 Å². The summed E-state index contributed by atoms with van der Waals surface area (Å²) in [5.41, 5.74) is 21.9. The fourth-order valence-electron chi connectivity index (χ4n) is 21.1. The summed E-state index contributed by atoms with van der Waals surface area (Å²) in [6.07, 6.45) is 12.0. The van der Waals surface area contributed by atoms with Crippen LogP contribution in [0.4, 0.5) is 0 Å². The van der Waals surface area contributed by atoms with E-state index in [0.717, 1.165) is 142 Å². The Labute approximate surface area is 881 Å². The van der Waals surface area contributed by atoms with Crippen LogP contribution in [0.15, 0.2) is 269 Å². The van der Waals surface area contributed by atoms with Gasteiger partial charge in [-0.05, 0) is 202 Å². The van der Waals surface area contributed by atoms with Crippen LogP contribution < -0.4 is 0 Å². The standard InChI is InChI=1S/C33H35NO5.C32H31NO7.C30H37NO5.C28H25Cl2NO3/c1-4-19-33(20-5-2)28-14-10-9-13-26(28)27-16-15-25(21-29(27)33)32(37)30(34-39-23(3)35)17-18-31(36)38-22-24-11-7-6-8-12-24;1-20-9-5-6-10-23(20)30(33-40-21(2)34)31(37)22-13-14-25-24-11-7-8-12-26(24)32(27(25)19-22,17-15-28(35)38-3)18-16-29(36)39-4;1-5-8-19-35-28(33)16-15-27(31-36-21(4)32)29(34)22-13-14-24-23-11-9-10-12-25(23)30(17-6-2,18-7-3)26(24)20-22;1-18-7-3-4-8-21(18)26(31-34-19(2)32)27(33)20-11-12-23-22-9-5-6-10-24(22)28(13-15-29,14-16-30)25(23)17-20/h6-16,21H,4-5,17-20,22H2,1-3H3;5-14,19H,15-18H2,1-4H3;9-14,20H,5-8,15-19H2,1-4H3;3-12,17H,13-16H2,1-2H3/b34-30+;33-30+;31-27+;31-26+. The monoisotopic (exact) mass is 2050 g/mol. The predicted octanol–water partition coefficient (Wildman–Crippen LogP) is 25.9. The van der Waals surface area contributed by atoms with Gasteiger partial charge in [0.2, 0.25) is 23.1 Å². The van der Waals surface area contributed by atoms with Gasteiger partial charge in [-0.25, -0.2) is 19.2 Å². The number of rotatable bonds is 43. The topological polar surface area (TPSA) is 328 Å². The van der Waals surface area contributed by atoms with Gasteiger partial charge < -0.3 is 38.3 Å². The van der Waals surface area contributed by atoms with Crippen LogP contribution in [-0.4, -0.2) is 126 Å². The van der Waals surface area contributed by atoms with Gasteiger partial charge in [0.05, 0.1) is 33.7 Å². The highest BCUT2D eigenvalue weighted by atomic mass is 35.5. The number of unbranched alkanes of at least 4 members (excludes halogenated alkanes) is 1. The maximum Gasteiger partial charge on any atom is 0.332 e. The number of fused-ring (bicyclic) bond motifs is 12. The summed E-state index contributed by atoms with van der Waals surface area (Å²) in [7, 11) is 2.68. The van der Waals surface area contributed by atoms with E-state index in [4.69, 9.17) is 61.5 Å². The van der Waals surface area contributed by atoms with E-state index in [-0.39, 0.29) is 114 Å². The SMILES string of the molecule is CC(=O)O/N=C(/C(=O)c1ccc2c(c1)C(CCCl)(CCCl)c1ccccc1-2)c1ccccc1C.CCCC1(CCC)c2ccccc2-c2ccc(C(=O)/C(CCC(=O)OCc3ccccc3)=N/OC(C)=O)cc21.CCCCOC(=O)CC/C(=N\OC(C)=O)C(=O)c1ccc2c(c1)C(CCC)(CCC)c1ccccc1-2.COC(=O)CCC1(CCC(=O)OC)c2ccccc2-c2ccc(C(=O)/C(=N/OC(C)=O)c3ccccc3C)cc21. The Morgan fingerprint density at radius 3 is 0.886 bits per heavy atom. The van der Waals surface area contributed by atoms with E-state index in [1.54, 1.807) is 48.5 Å². The summed E-state index contributed by atoms with van der Waals surface area (Å²) < 4.78 is 20.4. The summed E-state index contributed by atoms with van der Waals surface area (Å²) in [5.74, 6) is -4.64. The van der Waals surface area contributed by atoms with Crippen molar-refractivity contribution < 1.29 is 95.8 Å². The van der Waals surface area contributed by atoms with Crippen LogP contribution in [0, 0.1) is 13.8 Å². The Kier molecular flexibility index (Phi) is 40.2. The number of Topliss-reactive ketones (excluding diaryl/α,β-unsaturated/α-hetero) is 4. The zero-order valence-electron chi connectivity index (χ0n) is 86.9. The highest BCUT2D eigenvalue weighted by Gasteiger charge is 2.48. The molecular formula is C123H128Cl2N4O20. The molecule has 0 unspecified atom stereocenters. The summed E-state index contributed by atoms with van der Waals surface area (Å²) >= 11 is 12.6. The number of carbonyl (C=O) groups is 12. The second kappa shape index (κ2) is 53.1. The maximum absolute atomic E-state index is 13.9. The first kappa shape index (κ1) is 113. The second-order valence-corrected chi connectivity index (χ2v) is 38.3. The van der Waals surface area contributed by atoms with Crippen molar-refractivity contribution in [2.24, 2.45) is 20.6 Å².